The number of carbonyl (C=O) groups excluding carboxylic acids is 1. The lowest BCUT2D eigenvalue weighted by Gasteiger charge is -2.19. The molecule has 2 rings (SSSR count). The normalized spacial score (nSPS) is 15.5. The van der Waals surface area contributed by atoms with E-state index in [1.807, 2.05) is 36.6 Å². The van der Waals surface area contributed by atoms with Crippen LogP contribution >= 0.6 is 0 Å². The topological polar surface area (TPSA) is 51.3 Å². The van der Waals surface area contributed by atoms with Gasteiger partial charge in [-0.3, -0.25) is 4.79 Å². The molecule has 0 bridgehead atoms. The minimum atomic E-state index is 0.0768. The van der Waals surface area contributed by atoms with E-state index in [4.69, 9.17) is 5.73 Å². The molecule has 4 nitrogen and oxygen atoms in total. The van der Waals surface area contributed by atoms with Crippen LogP contribution in [0, 0.1) is 0 Å². The van der Waals surface area contributed by atoms with E-state index in [9.17, 15) is 4.79 Å². The van der Waals surface area contributed by atoms with Gasteiger partial charge in [0.25, 0.3) is 5.91 Å². The number of amides is 1. The summed E-state index contributed by atoms with van der Waals surface area (Å²) < 4.78 is 1.94. The number of nitrogens with two attached hydrogens (primary N) is 1. The van der Waals surface area contributed by atoms with Gasteiger partial charge >= 0.3 is 0 Å². The number of hydrogen-bond acceptors (Lipinski definition) is 2. The number of anilines is 1. The zero-order valence-electron chi connectivity index (χ0n) is 10.1. The summed E-state index contributed by atoms with van der Waals surface area (Å²) in [7, 11) is 1.87. The van der Waals surface area contributed by atoms with Gasteiger partial charge in [0.2, 0.25) is 0 Å². The maximum Gasteiger partial charge on any atom is 0.270 e. The molecule has 1 aliphatic rings. The third-order valence-electron chi connectivity index (χ3n) is 3.06. The molecule has 2 N–H and O–H groups in total. The van der Waals surface area contributed by atoms with Crippen LogP contribution in [0.3, 0.4) is 0 Å². The van der Waals surface area contributed by atoms with Gasteiger partial charge in [-0.25, -0.2) is 0 Å². The average Bonchev–Trinajstić information content (AvgIpc) is 2.99. The summed E-state index contributed by atoms with van der Waals surface area (Å²) in [4.78, 5) is 14.0. The predicted octanol–water partition coefficient (Wildman–Crippen LogP) is 1.89. The molecule has 0 aliphatic heterocycles. The van der Waals surface area contributed by atoms with Crippen molar-refractivity contribution in [3.05, 3.63) is 18.0 Å². The molecule has 0 saturated heterocycles. The molecule has 88 valence electrons. The second-order valence-electron chi connectivity index (χ2n) is 4.81. The maximum absolute atomic E-state index is 12.2. The van der Waals surface area contributed by atoms with Crippen LogP contribution in [0.4, 0.5) is 5.69 Å². The van der Waals surface area contributed by atoms with Gasteiger partial charge in [0.05, 0.1) is 5.69 Å². The summed E-state index contributed by atoms with van der Waals surface area (Å²) in [6.07, 6.45) is 4.08. The molecule has 0 atom stereocenters. The van der Waals surface area contributed by atoms with Crippen LogP contribution in [0.2, 0.25) is 0 Å². The van der Waals surface area contributed by atoms with Crippen LogP contribution in [0.1, 0.15) is 43.2 Å². The van der Waals surface area contributed by atoms with Crippen molar-refractivity contribution < 1.29 is 4.79 Å². The van der Waals surface area contributed by atoms with E-state index in [0.717, 1.165) is 12.8 Å². The van der Waals surface area contributed by atoms with Gasteiger partial charge in [-0.05, 0) is 32.8 Å². The van der Waals surface area contributed by atoms with Crippen LogP contribution in [-0.4, -0.2) is 28.5 Å². The first-order chi connectivity index (χ1) is 7.50. The van der Waals surface area contributed by atoms with E-state index in [-0.39, 0.29) is 11.9 Å². The highest BCUT2D eigenvalue weighted by Gasteiger charge is 2.31. The third kappa shape index (κ3) is 1.92. The van der Waals surface area contributed by atoms with Crippen LogP contribution in [0.25, 0.3) is 0 Å². The Morgan fingerprint density at radius 1 is 1.56 bits per heavy atom. The van der Waals surface area contributed by atoms with Gasteiger partial charge in [-0.2, -0.15) is 0 Å². The Bertz CT molecular complexity index is 404. The summed E-state index contributed by atoms with van der Waals surface area (Å²) in [6, 6.07) is 2.45. The molecule has 4 heteroatoms. The van der Waals surface area contributed by atoms with Crippen LogP contribution in [-0.2, 0) is 0 Å². The molecular formula is C12H19N3O. The molecule has 0 spiro atoms. The number of nitrogen functional groups attached to an aromatic ring is 1. The van der Waals surface area contributed by atoms with E-state index in [2.05, 4.69) is 0 Å². The standard InChI is InChI=1S/C12H19N3O/c1-8(2)15-7-9(13)6-11(15)12(16)14(3)10-4-5-10/h6-8,10H,4-5,13H2,1-3H3. The van der Waals surface area contributed by atoms with E-state index in [1.165, 1.54) is 0 Å². The fourth-order valence-electron chi connectivity index (χ4n) is 1.91. The SMILES string of the molecule is CC(C)n1cc(N)cc1C(=O)N(C)C1CC1. The first-order valence-corrected chi connectivity index (χ1v) is 5.75. The number of aromatic nitrogens is 1. The second-order valence-corrected chi connectivity index (χ2v) is 4.81. The predicted molar refractivity (Wildman–Crippen MR) is 64.3 cm³/mol. The van der Waals surface area contributed by atoms with Crippen molar-refractivity contribution in [3.63, 3.8) is 0 Å². The molecule has 0 radical (unpaired) electrons. The molecule has 0 aromatic carbocycles. The number of nitrogens with zero attached hydrogens (tertiary/aromatic N) is 2. The van der Waals surface area contributed by atoms with Crippen molar-refractivity contribution in [2.24, 2.45) is 0 Å². The van der Waals surface area contributed by atoms with Gasteiger partial charge in [-0.1, -0.05) is 0 Å². The van der Waals surface area contributed by atoms with Gasteiger partial charge in [-0.15, -0.1) is 0 Å². The van der Waals surface area contributed by atoms with Crippen molar-refractivity contribution in [2.45, 2.75) is 38.8 Å². The molecule has 16 heavy (non-hydrogen) atoms. The summed E-state index contributed by atoms with van der Waals surface area (Å²) in [5.74, 6) is 0.0768. The highest BCUT2D eigenvalue weighted by Crippen LogP contribution is 2.28. The summed E-state index contributed by atoms with van der Waals surface area (Å²) in [6.45, 7) is 4.10. The lowest BCUT2D eigenvalue weighted by molar-refractivity contribution is 0.0772. The molecule has 1 aliphatic carbocycles. The van der Waals surface area contributed by atoms with Crippen molar-refractivity contribution in [3.8, 4) is 0 Å². The van der Waals surface area contributed by atoms with Gasteiger partial charge in [0.15, 0.2) is 0 Å². The zero-order chi connectivity index (χ0) is 11.9. The van der Waals surface area contributed by atoms with Crippen LogP contribution in [0.5, 0.6) is 0 Å². The Kier molecular flexibility index (Phi) is 2.66. The Labute approximate surface area is 96.0 Å². The van der Waals surface area contributed by atoms with Gasteiger partial charge in [0, 0.05) is 25.3 Å². The van der Waals surface area contributed by atoms with Gasteiger partial charge < -0.3 is 15.2 Å². The fourth-order valence-corrected chi connectivity index (χ4v) is 1.91. The first kappa shape index (κ1) is 11.0. The Hall–Kier alpha value is -1.45. The minimum absolute atomic E-state index is 0.0768. The number of carbonyl (C=O) groups is 1. The monoisotopic (exact) mass is 221 g/mol. The quantitative estimate of drug-likeness (QED) is 0.847. The Morgan fingerprint density at radius 3 is 2.69 bits per heavy atom. The lowest BCUT2D eigenvalue weighted by atomic mass is 10.3. The van der Waals surface area contributed by atoms with Crippen molar-refractivity contribution in [2.75, 3.05) is 12.8 Å². The average molecular weight is 221 g/mol. The Balaban J connectivity index is 2.27. The minimum Gasteiger partial charge on any atom is -0.397 e. The maximum atomic E-state index is 12.2. The summed E-state index contributed by atoms with van der Waals surface area (Å²) in [5.41, 5.74) is 7.11. The number of hydrogen-bond donors (Lipinski definition) is 1. The lowest BCUT2D eigenvalue weighted by Crippen LogP contribution is -2.30. The largest absolute Gasteiger partial charge is 0.397 e. The van der Waals surface area contributed by atoms with Gasteiger partial charge in [0.1, 0.15) is 5.69 Å². The summed E-state index contributed by atoms with van der Waals surface area (Å²) >= 11 is 0. The third-order valence-corrected chi connectivity index (χ3v) is 3.06. The first-order valence-electron chi connectivity index (χ1n) is 5.75. The van der Waals surface area contributed by atoms with Crippen molar-refractivity contribution in [1.29, 1.82) is 0 Å². The fraction of sp³-hybridized carbons (Fsp3) is 0.583. The van der Waals surface area contributed by atoms with Crippen LogP contribution < -0.4 is 5.73 Å². The van der Waals surface area contributed by atoms with E-state index in [0.29, 0.717) is 17.4 Å². The molecule has 1 fully saturated rings. The Morgan fingerprint density at radius 2 is 2.19 bits per heavy atom. The molecule has 1 aromatic rings. The number of rotatable bonds is 3. The van der Waals surface area contributed by atoms with Crippen molar-refractivity contribution >= 4 is 11.6 Å². The molecule has 1 aromatic heterocycles. The zero-order valence-corrected chi connectivity index (χ0v) is 10.1. The second kappa shape index (κ2) is 3.85. The molecular weight excluding hydrogens is 202 g/mol. The molecule has 0 unspecified atom stereocenters. The summed E-state index contributed by atoms with van der Waals surface area (Å²) in [5, 5.41) is 0. The highest BCUT2D eigenvalue weighted by atomic mass is 16.2. The van der Waals surface area contributed by atoms with Crippen LogP contribution in [0.15, 0.2) is 12.3 Å². The smallest absolute Gasteiger partial charge is 0.270 e. The van der Waals surface area contributed by atoms with E-state index in [1.54, 1.807) is 6.07 Å². The van der Waals surface area contributed by atoms with Crippen molar-refractivity contribution in [1.82, 2.24) is 9.47 Å². The highest BCUT2D eigenvalue weighted by molar-refractivity contribution is 5.94. The molecule has 1 heterocycles. The molecule has 1 amide bonds. The van der Waals surface area contributed by atoms with E-state index >= 15 is 0 Å². The molecule has 1 saturated carbocycles. The van der Waals surface area contributed by atoms with E-state index < -0.39 is 0 Å².